The Hall–Kier alpha value is -4.70. The average Bonchev–Trinajstić information content (AvgIpc) is 3.44. The van der Waals surface area contributed by atoms with Crippen molar-refractivity contribution in [3.8, 4) is 0 Å². The number of aromatic nitrogens is 1. The van der Waals surface area contributed by atoms with Gasteiger partial charge >= 0.3 is 11.9 Å². The summed E-state index contributed by atoms with van der Waals surface area (Å²) in [5.41, 5.74) is 2.10. The molecule has 3 aromatic rings. The summed E-state index contributed by atoms with van der Waals surface area (Å²) >= 11 is 0. The van der Waals surface area contributed by atoms with Gasteiger partial charge in [0, 0.05) is 23.5 Å². The van der Waals surface area contributed by atoms with E-state index in [1.807, 2.05) is 60.8 Å². The number of ether oxygens (including phenoxy) is 2. The van der Waals surface area contributed by atoms with E-state index in [4.69, 9.17) is 9.47 Å². The molecule has 0 saturated carbocycles. The van der Waals surface area contributed by atoms with Crippen molar-refractivity contribution in [2.24, 2.45) is 11.8 Å². The zero-order valence-electron chi connectivity index (χ0n) is 28.2. The van der Waals surface area contributed by atoms with Crippen LogP contribution in [0.4, 0.5) is 0 Å². The maximum Gasteiger partial charge on any atom is 0.309 e. The number of rotatable bonds is 19. The highest BCUT2D eigenvalue weighted by Crippen LogP contribution is 2.21. The fourth-order valence-electron chi connectivity index (χ4n) is 5.44. The number of esters is 2. The molecule has 4 N–H and O–H groups in total. The predicted molar refractivity (Wildman–Crippen MR) is 186 cm³/mol. The van der Waals surface area contributed by atoms with E-state index in [0.717, 1.165) is 22.0 Å². The van der Waals surface area contributed by atoms with Crippen LogP contribution in [-0.4, -0.2) is 64.7 Å². The molecule has 258 valence electrons. The molecule has 10 nitrogen and oxygen atoms in total. The van der Waals surface area contributed by atoms with Crippen LogP contribution < -0.4 is 10.6 Å². The Morgan fingerprint density at radius 1 is 0.875 bits per heavy atom. The van der Waals surface area contributed by atoms with Gasteiger partial charge in [-0.25, -0.2) is 0 Å². The monoisotopic (exact) mass is 659 g/mol. The predicted octanol–water partition coefficient (Wildman–Crippen LogP) is 4.96. The lowest BCUT2D eigenvalue weighted by Gasteiger charge is -2.24. The van der Waals surface area contributed by atoms with E-state index in [2.05, 4.69) is 28.8 Å². The van der Waals surface area contributed by atoms with Crippen molar-refractivity contribution >= 4 is 34.7 Å². The van der Waals surface area contributed by atoms with Crippen LogP contribution in [0.15, 0.2) is 86.1 Å². The number of nitrogens with one attached hydrogen (secondary N) is 3. The summed E-state index contributed by atoms with van der Waals surface area (Å²) in [6, 6.07) is 16.1. The van der Waals surface area contributed by atoms with E-state index < -0.39 is 47.4 Å². The number of aliphatic hydroxyl groups excluding tert-OH is 1. The number of aromatic amines is 1. The molecule has 2 aromatic carbocycles. The van der Waals surface area contributed by atoms with E-state index in [0.29, 0.717) is 12.8 Å². The molecule has 0 saturated heterocycles. The van der Waals surface area contributed by atoms with Crippen molar-refractivity contribution < 1.29 is 33.8 Å². The van der Waals surface area contributed by atoms with Crippen molar-refractivity contribution in [1.82, 2.24) is 15.6 Å². The van der Waals surface area contributed by atoms with Crippen molar-refractivity contribution in [2.75, 3.05) is 13.2 Å². The summed E-state index contributed by atoms with van der Waals surface area (Å²) in [4.78, 5) is 55.6. The molecule has 0 unspecified atom stereocenters. The van der Waals surface area contributed by atoms with Crippen LogP contribution in [0.2, 0.25) is 0 Å². The topological polar surface area (TPSA) is 147 Å². The maximum absolute atomic E-state index is 13.7. The molecule has 0 fully saturated rings. The third-order valence-electron chi connectivity index (χ3n) is 7.70. The number of benzene rings is 2. The Morgan fingerprint density at radius 3 is 2.21 bits per heavy atom. The Labute approximate surface area is 283 Å². The van der Waals surface area contributed by atoms with E-state index in [1.54, 1.807) is 32.9 Å². The largest absolute Gasteiger partial charge is 0.463 e. The Kier molecular flexibility index (Phi) is 14.6. The van der Waals surface area contributed by atoms with Crippen LogP contribution in [0.3, 0.4) is 0 Å². The highest BCUT2D eigenvalue weighted by molar-refractivity contribution is 5.87. The van der Waals surface area contributed by atoms with Gasteiger partial charge in [-0.1, -0.05) is 60.7 Å². The van der Waals surface area contributed by atoms with Crippen LogP contribution in [0.5, 0.6) is 0 Å². The van der Waals surface area contributed by atoms with Crippen LogP contribution in [0.25, 0.3) is 10.9 Å². The molecule has 48 heavy (non-hydrogen) atoms. The molecule has 4 atom stereocenters. The number of amides is 2. The zero-order valence-corrected chi connectivity index (χ0v) is 28.2. The fraction of sp³-hybridized carbons (Fsp3) is 0.421. The first-order valence-electron chi connectivity index (χ1n) is 16.3. The first kappa shape index (κ1) is 37.8. The number of hydrogen-bond donors (Lipinski definition) is 4. The lowest BCUT2D eigenvalue weighted by Crippen LogP contribution is -2.45. The SMILES string of the molecule is C=CC[C@@H](CC(=O)N[C@H](CO)Cc1ccccc1)C(=O)N[C@H](COC(=O)[C@H](CC=C)CC(=O)OC(C)(C)C)Cc1c[nH]c2ccccc12. The lowest BCUT2D eigenvalue weighted by molar-refractivity contribution is -0.161. The molecule has 0 aliphatic heterocycles. The summed E-state index contributed by atoms with van der Waals surface area (Å²) in [6.07, 6.45) is 5.91. The molecule has 0 bridgehead atoms. The van der Waals surface area contributed by atoms with E-state index in [-0.39, 0.29) is 44.8 Å². The number of carbonyl (C=O) groups excluding carboxylic acids is 4. The molecule has 0 aliphatic rings. The normalized spacial score (nSPS) is 13.8. The quantitative estimate of drug-likeness (QED) is 0.105. The van der Waals surface area contributed by atoms with Crippen LogP contribution in [0.1, 0.15) is 57.6 Å². The molecule has 0 radical (unpaired) electrons. The minimum atomic E-state index is -0.797. The first-order chi connectivity index (χ1) is 22.9. The molecular formula is C38H49N3O7. The van der Waals surface area contributed by atoms with Gasteiger partial charge in [0.2, 0.25) is 11.8 Å². The minimum absolute atomic E-state index is 0.125. The minimum Gasteiger partial charge on any atom is -0.463 e. The number of para-hydroxylation sites is 1. The zero-order chi connectivity index (χ0) is 35.1. The van der Waals surface area contributed by atoms with Gasteiger partial charge in [0.1, 0.15) is 12.2 Å². The molecule has 1 aromatic heterocycles. The average molecular weight is 660 g/mol. The smallest absolute Gasteiger partial charge is 0.309 e. The summed E-state index contributed by atoms with van der Waals surface area (Å²) < 4.78 is 11.1. The van der Waals surface area contributed by atoms with Gasteiger partial charge in [0.15, 0.2) is 0 Å². The van der Waals surface area contributed by atoms with Crippen molar-refractivity contribution in [2.45, 2.75) is 77.0 Å². The molecule has 10 heteroatoms. The van der Waals surface area contributed by atoms with Crippen molar-refractivity contribution in [3.63, 3.8) is 0 Å². The van der Waals surface area contributed by atoms with Gasteiger partial charge in [0.05, 0.1) is 36.9 Å². The Balaban J connectivity index is 1.73. The lowest BCUT2D eigenvalue weighted by atomic mass is 9.97. The number of carbonyl (C=O) groups is 4. The van der Waals surface area contributed by atoms with Crippen LogP contribution in [0, 0.1) is 11.8 Å². The Bertz CT molecular complexity index is 1530. The number of allylic oxidation sites excluding steroid dienone is 2. The fourth-order valence-corrected chi connectivity index (χ4v) is 5.44. The number of H-pyrrole nitrogens is 1. The van der Waals surface area contributed by atoms with Crippen molar-refractivity contribution in [1.29, 1.82) is 0 Å². The summed E-state index contributed by atoms with van der Waals surface area (Å²) in [6.45, 7) is 12.3. The molecular weight excluding hydrogens is 610 g/mol. The van der Waals surface area contributed by atoms with Crippen LogP contribution >= 0.6 is 0 Å². The first-order valence-corrected chi connectivity index (χ1v) is 16.3. The van der Waals surface area contributed by atoms with Gasteiger partial charge < -0.3 is 30.2 Å². The van der Waals surface area contributed by atoms with Gasteiger partial charge in [-0.2, -0.15) is 0 Å². The van der Waals surface area contributed by atoms with E-state index >= 15 is 0 Å². The standard InChI is InChI=1S/C38H49N3O7/c1-6-13-27(21-34(43)40-30(24-42)19-26-15-9-8-10-16-26)36(45)41-31(20-29-23-39-33-18-12-11-17-32(29)33)25-47-37(46)28(14-7-2)22-35(44)48-38(3,4)5/h6-12,15-18,23,27-28,30-31,39,42H,1-2,13-14,19-22,24-25H2,3-5H3,(H,40,43)(H,41,45)/t27-,28+,30-,31-/m0/s1. The summed E-state index contributed by atoms with van der Waals surface area (Å²) in [7, 11) is 0. The molecule has 3 rings (SSSR count). The van der Waals surface area contributed by atoms with Gasteiger partial charge in [-0.15, -0.1) is 13.2 Å². The van der Waals surface area contributed by atoms with E-state index in [1.165, 1.54) is 0 Å². The number of fused-ring (bicyclic) bond motifs is 1. The second-order valence-electron chi connectivity index (χ2n) is 13.0. The third kappa shape index (κ3) is 12.5. The van der Waals surface area contributed by atoms with Gasteiger partial charge in [0.25, 0.3) is 0 Å². The summed E-state index contributed by atoms with van der Waals surface area (Å²) in [5.74, 6) is -3.44. The van der Waals surface area contributed by atoms with Gasteiger partial charge in [-0.05, 0) is 63.6 Å². The molecule has 2 amide bonds. The molecule has 0 aliphatic carbocycles. The summed E-state index contributed by atoms with van der Waals surface area (Å²) in [5, 5.41) is 16.7. The Morgan fingerprint density at radius 2 is 1.54 bits per heavy atom. The number of aliphatic hydroxyl groups is 1. The molecule has 1 heterocycles. The van der Waals surface area contributed by atoms with Crippen LogP contribution in [-0.2, 0) is 41.5 Å². The maximum atomic E-state index is 13.7. The highest BCUT2D eigenvalue weighted by atomic mass is 16.6. The number of hydrogen-bond acceptors (Lipinski definition) is 7. The second kappa shape index (κ2) is 18.6. The third-order valence-corrected chi connectivity index (χ3v) is 7.70. The highest BCUT2D eigenvalue weighted by Gasteiger charge is 2.29. The van der Waals surface area contributed by atoms with E-state index in [9.17, 15) is 24.3 Å². The van der Waals surface area contributed by atoms with Crippen molar-refractivity contribution in [3.05, 3.63) is 97.2 Å². The molecule has 0 spiro atoms. The second-order valence-corrected chi connectivity index (χ2v) is 13.0. The van der Waals surface area contributed by atoms with Gasteiger partial charge in [-0.3, -0.25) is 19.2 Å².